The predicted octanol–water partition coefficient (Wildman–Crippen LogP) is 3.21. The van der Waals surface area contributed by atoms with E-state index in [0.717, 1.165) is 25.7 Å². The fourth-order valence-electron chi connectivity index (χ4n) is 1.89. The number of hydrogen-bond acceptors (Lipinski definition) is 2. The second-order valence-electron chi connectivity index (χ2n) is 4.69. The van der Waals surface area contributed by atoms with Gasteiger partial charge >= 0.3 is 5.97 Å². The fourth-order valence-corrected chi connectivity index (χ4v) is 1.89. The summed E-state index contributed by atoms with van der Waals surface area (Å²) in [5.41, 5.74) is 0. The van der Waals surface area contributed by atoms with Gasteiger partial charge in [-0.1, -0.05) is 51.9 Å². The largest absolute Gasteiger partial charge is 0.481 e. The molecule has 0 saturated carbocycles. The topological polar surface area (TPSA) is 57.5 Å². The number of aliphatic carboxylic acids is 1. The summed E-state index contributed by atoms with van der Waals surface area (Å²) in [5.74, 6) is -0.372. The molecule has 3 heteroatoms. The van der Waals surface area contributed by atoms with Crippen LogP contribution >= 0.6 is 0 Å². The maximum atomic E-state index is 10.4. The van der Waals surface area contributed by atoms with Crippen molar-refractivity contribution in [2.45, 2.75) is 64.7 Å². The zero-order valence-corrected chi connectivity index (χ0v) is 10.5. The van der Waals surface area contributed by atoms with Crippen LogP contribution in [0.2, 0.25) is 0 Å². The van der Waals surface area contributed by atoms with Gasteiger partial charge in [-0.25, -0.2) is 0 Å². The summed E-state index contributed by atoms with van der Waals surface area (Å²) in [6.45, 7) is 2.32. The molecular weight excluding hydrogens is 204 g/mol. The molecule has 0 radical (unpaired) electrons. The molecule has 1 atom stereocenters. The van der Waals surface area contributed by atoms with Gasteiger partial charge in [0.25, 0.3) is 0 Å². The van der Waals surface area contributed by atoms with Crippen molar-refractivity contribution in [3.63, 3.8) is 0 Å². The Hall–Kier alpha value is -0.570. The first-order chi connectivity index (χ1) is 7.66. The van der Waals surface area contributed by atoms with Crippen LogP contribution in [0.5, 0.6) is 0 Å². The molecule has 0 aromatic heterocycles. The lowest BCUT2D eigenvalue weighted by Crippen LogP contribution is -2.03. The third kappa shape index (κ3) is 11.5. The summed E-state index contributed by atoms with van der Waals surface area (Å²) in [5, 5.41) is 17.2. The second-order valence-corrected chi connectivity index (χ2v) is 4.69. The molecule has 0 fully saturated rings. The van der Waals surface area contributed by atoms with Crippen molar-refractivity contribution in [3.8, 4) is 0 Å². The van der Waals surface area contributed by atoms with Crippen molar-refractivity contribution in [1.29, 1.82) is 0 Å². The van der Waals surface area contributed by atoms with E-state index in [0.29, 0.717) is 18.9 Å². The molecule has 1 unspecified atom stereocenters. The zero-order chi connectivity index (χ0) is 12.2. The molecule has 0 aliphatic heterocycles. The molecular formula is C13H26O3. The molecule has 0 aliphatic carbocycles. The van der Waals surface area contributed by atoms with Crippen molar-refractivity contribution in [3.05, 3.63) is 0 Å². The molecule has 96 valence electrons. The Morgan fingerprint density at radius 1 is 1.00 bits per heavy atom. The predicted molar refractivity (Wildman–Crippen MR) is 65.4 cm³/mol. The van der Waals surface area contributed by atoms with Gasteiger partial charge in [0, 0.05) is 13.0 Å². The summed E-state index contributed by atoms with van der Waals surface area (Å²) in [6, 6.07) is 0. The van der Waals surface area contributed by atoms with E-state index >= 15 is 0 Å². The lowest BCUT2D eigenvalue weighted by atomic mass is 9.99. The van der Waals surface area contributed by atoms with E-state index < -0.39 is 5.97 Å². The SMILES string of the molecule is CC(CCCCCCCCCO)CC(=O)O. The number of rotatable bonds is 11. The van der Waals surface area contributed by atoms with Crippen LogP contribution in [-0.2, 0) is 4.79 Å². The number of aliphatic hydroxyl groups is 1. The van der Waals surface area contributed by atoms with Gasteiger partial charge in [-0.2, -0.15) is 0 Å². The van der Waals surface area contributed by atoms with E-state index in [1.54, 1.807) is 0 Å². The molecule has 0 heterocycles. The Labute approximate surface area is 98.9 Å². The van der Waals surface area contributed by atoms with E-state index in [2.05, 4.69) is 0 Å². The second kappa shape index (κ2) is 10.9. The average molecular weight is 230 g/mol. The Morgan fingerprint density at radius 2 is 1.50 bits per heavy atom. The third-order valence-corrected chi connectivity index (χ3v) is 2.88. The van der Waals surface area contributed by atoms with Crippen molar-refractivity contribution >= 4 is 5.97 Å². The Morgan fingerprint density at radius 3 is 2.00 bits per heavy atom. The monoisotopic (exact) mass is 230 g/mol. The summed E-state index contributed by atoms with van der Waals surface area (Å²) in [7, 11) is 0. The molecule has 0 rings (SSSR count). The minimum absolute atomic E-state index is 0.302. The van der Waals surface area contributed by atoms with Gasteiger partial charge < -0.3 is 10.2 Å². The number of carboxylic acid groups (broad SMARTS) is 1. The van der Waals surface area contributed by atoms with Gasteiger partial charge in [0.1, 0.15) is 0 Å². The first kappa shape index (κ1) is 15.4. The standard InChI is InChI=1S/C13H26O3/c1-12(11-13(15)16)9-7-5-3-2-4-6-8-10-14/h12,14H,2-11H2,1H3,(H,15,16). The highest BCUT2D eigenvalue weighted by atomic mass is 16.4. The van der Waals surface area contributed by atoms with E-state index in [1.165, 1.54) is 25.7 Å². The van der Waals surface area contributed by atoms with E-state index in [9.17, 15) is 4.79 Å². The lowest BCUT2D eigenvalue weighted by molar-refractivity contribution is -0.138. The summed E-state index contributed by atoms with van der Waals surface area (Å²) < 4.78 is 0. The van der Waals surface area contributed by atoms with Crippen LogP contribution in [0.1, 0.15) is 64.7 Å². The molecule has 16 heavy (non-hydrogen) atoms. The number of hydrogen-bond donors (Lipinski definition) is 2. The van der Waals surface area contributed by atoms with Crippen LogP contribution < -0.4 is 0 Å². The maximum Gasteiger partial charge on any atom is 0.303 e. The number of unbranched alkanes of at least 4 members (excludes halogenated alkanes) is 6. The molecule has 0 aromatic carbocycles. The maximum absolute atomic E-state index is 10.4. The van der Waals surface area contributed by atoms with Crippen LogP contribution in [0, 0.1) is 5.92 Å². The van der Waals surface area contributed by atoms with Gasteiger partial charge in [-0.05, 0) is 12.3 Å². The number of carbonyl (C=O) groups is 1. The van der Waals surface area contributed by atoms with Crippen molar-refractivity contribution in [2.24, 2.45) is 5.92 Å². The molecule has 0 aromatic rings. The van der Waals surface area contributed by atoms with Crippen molar-refractivity contribution in [2.75, 3.05) is 6.61 Å². The third-order valence-electron chi connectivity index (χ3n) is 2.88. The highest BCUT2D eigenvalue weighted by molar-refractivity contribution is 5.66. The first-order valence-electron chi connectivity index (χ1n) is 6.49. The molecule has 0 bridgehead atoms. The average Bonchev–Trinajstić information content (AvgIpc) is 2.21. The summed E-state index contributed by atoms with van der Waals surface area (Å²) in [4.78, 5) is 10.4. The first-order valence-corrected chi connectivity index (χ1v) is 6.49. The molecule has 0 saturated heterocycles. The smallest absolute Gasteiger partial charge is 0.303 e. The number of aliphatic hydroxyl groups excluding tert-OH is 1. The van der Waals surface area contributed by atoms with E-state index in [4.69, 9.17) is 10.2 Å². The normalized spacial score (nSPS) is 12.6. The molecule has 0 spiro atoms. The lowest BCUT2D eigenvalue weighted by Gasteiger charge is -2.07. The van der Waals surface area contributed by atoms with Crippen molar-refractivity contribution in [1.82, 2.24) is 0 Å². The van der Waals surface area contributed by atoms with Gasteiger partial charge in [-0.15, -0.1) is 0 Å². The Balaban J connectivity index is 3.11. The number of carboxylic acids is 1. The quantitative estimate of drug-likeness (QED) is 0.536. The highest BCUT2D eigenvalue weighted by Crippen LogP contribution is 2.14. The van der Waals surface area contributed by atoms with E-state index in [-0.39, 0.29) is 0 Å². The molecule has 3 nitrogen and oxygen atoms in total. The van der Waals surface area contributed by atoms with Crippen LogP contribution in [0.25, 0.3) is 0 Å². The zero-order valence-electron chi connectivity index (χ0n) is 10.5. The summed E-state index contributed by atoms with van der Waals surface area (Å²) >= 11 is 0. The van der Waals surface area contributed by atoms with Crippen LogP contribution in [0.3, 0.4) is 0 Å². The highest BCUT2D eigenvalue weighted by Gasteiger charge is 2.06. The fraction of sp³-hybridized carbons (Fsp3) is 0.923. The minimum atomic E-state index is -0.684. The van der Waals surface area contributed by atoms with Crippen molar-refractivity contribution < 1.29 is 15.0 Å². The molecule has 0 amide bonds. The Kier molecular flexibility index (Phi) is 10.5. The van der Waals surface area contributed by atoms with Crippen LogP contribution in [0.4, 0.5) is 0 Å². The van der Waals surface area contributed by atoms with Gasteiger partial charge in [0.05, 0.1) is 0 Å². The van der Waals surface area contributed by atoms with Crippen LogP contribution in [-0.4, -0.2) is 22.8 Å². The summed E-state index contributed by atoms with van der Waals surface area (Å²) in [6.07, 6.45) is 9.45. The van der Waals surface area contributed by atoms with Crippen LogP contribution in [0.15, 0.2) is 0 Å². The van der Waals surface area contributed by atoms with Gasteiger partial charge in [-0.3, -0.25) is 4.79 Å². The molecule has 2 N–H and O–H groups in total. The van der Waals surface area contributed by atoms with Gasteiger partial charge in [0.15, 0.2) is 0 Å². The van der Waals surface area contributed by atoms with E-state index in [1.807, 2.05) is 6.92 Å². The minimum Gasteiger partial charge on any atom is -0.481 e. The Bertz CT molecular complexity index is 169. The van der Waals surface area contributed by atoms with Gasteiger partial charge in [0.2, 0.25) is 0 Å². The molecule has 0 aliphatic rings.